The average Bonchev–Trinajstić information content (AvgIpc) is 2.95. The first-order valence-electron chi connectivity index (χ1n) is 9.27. The van der Waals surface area contributed by atoms with Crippen molar-refractivity contribution in [2.24, 2.45) is 0 Å². The summed E-state index contributed by atoms with van der Waals surface area (Å²) in [5.74, 6) is -1.56. The molecule has 0 aromatic heterocycles. The molecule has 2 aromatic carbocycles. The summed E-state index contributed by atoms with van der Waals surface area (Å²) < 4.78 is 18.9. The molecule has 150 valence electrons. The van der Waals surface area contributed by atoms with E-state index < -0.39 is 23.5 Å². The van der Waals surface area contributed by atoms with Crippen molar-refractivity contribution in [2.75, 3.05) is 13.2 Å². The zero-order valence-corrected chi connectivity index (χ0v) is 16.3. The number of halogens is 1. The molecule has 1 saturated heterocycles. The monoisotopic (exact) mass is 395 g/mol. The van der Waals surface area contributed by atoms with Crippen molar-refractivity contribution < 1.29 is 23.8 Å². The first-order valence-corrected chi connectivity index (χ1v) is 9.27. The Kier molecular flexibility index (Phi) is 5.82. The zero-order valence-electron chi connectivity index (χ0n) is 16.3. The van der Waals surface area contributed by atoms with Gasteiger partial charge in [0.05, 0.1) is 18.2 Å². The molecule has 0 bridgehead atoms. The van der Waals surface area contributed by atoms with Gasteiger partial charge >= 0.3 is 0 Å². The Hall–Kier alpha value is -3.41. The van der Waals surface area contributed by atoms with Crippen molar-refractivity contribution in [1.29, 1.82) is 0 Å². The Balaban J connectivity index is 2.15. The first kappa shape index (κ1) is 20.3. The number of likely N-dealkylation sites (tertiary alicyclic amines) is 1. The van der Waals surface area contributed by atoms with E-state index in [9.17, 15) is 19.1 Å². The van der Waals surface area contributed by atoms with E-state index in [2.05, 4.69) is 6.58 Å². The normalized spacial score (nSPS) is 18.2. The lowest BCUT2D eigenvalue weighted by atomic mass is 9.94. The lowest BCUT2D eigenvalue weighted by Crippen LogP contribution is -2.29. The number of ether oxygens (including phenoxy) is 1. The van der Waals surface area contributed by atoms with E-state index in [0.717, 1.165) is 5.56 Å². The van der Waals surface area contributed by atoms with E-state index in [1.54, 1.807) is 18.2 Å². The van der Waals surface area contributed by atoms with Crippen LogP contribution in [-0.2, 0) is 9.59 Å². The van der Waals surface area contributed by atoms with Gasteiger partial charge in [-0.2, -0.15) is 0 Å². The molecule has 1 amide bonds. The second kappa shape index (κ2) is 8.31. The van der Waals surface area contributed by atoms with Crippen molar-refractivity contribution in [1.82, 2.24) is 4.90 Å². The van der Waals surface area contributed by atoms with Crippen LogP contribution in [0.1, 0.15) is 29.7 Å². The molecule has 1 aliphatic rings. The first-order chi connectivity index (χ1) is 13.9. The number of benzene rings is 2. The van der Waals surface area contributed by atoms with E-state index in [4.69, 9.17) is 4.74 Å². The van der Waals surface area contributed by atoms with E-state index in [0.29, 0.717) is 23.5 Å². The number of amides is 1. The van der Waals surface area contributed by atoms with Crippen molar-refractivity contribution in [2.45, 2.75) is 19.9 Å². The van der Waals surface area contributed by atoms with Crippen LogP contribution < -0.4 is 4.74 Å². The molecule has 0 radical (unpaired) electrons. The highest BCUT2D eigenvalue weighted by atomic mass is 19.1. The molecular weight excluding hydrogens is 373 g/mol. The lowest BCUT2D eigenvalue weighted by Gasteiger charge is -2.24. The van der Waals surface area contributed by atoms with Crippen LogP contribution in [0.15, 0.2) is 60.7 Å². The second-order valence-electron chi connectivity index (χ2n) is 6.70. The highest BCUT2D eigenvalue weighted by molar-refractivity contribution is 6.46. The Morgan fingerprint density at radius 2 is 1.93 bits per heavy atom. The number of aryl methyl sites for hydroxylation is 1. The minimum Gasteiger partial charge on any atom is -0.507 e. The quantitative estimate of drug-likeness (QED) is 0.346. The molecule has 3 rings (SSSR count). The molecule has 29 heavy (non-hydrogen) atoms. The van der Waals surface area contributed by atoms with Gasteiger partial charge < -0.3 is 14.7 Å². The molecule has 6 heteroatoms. The fourth-order valence-corrected chi connectivity index (χ4v) is 3.47. The minimum atomic E-state index is -0.833. The van der Waals surface area contributed by atoms with Crippen LogP contribution >= 0.6 is 0 Å². The van der Waals surface area contributed by atoms with Gasteiger partial charge in [-0.05, 0) is 55.3 Å². The average molecular weight is 395 g/mol. The molecule has 1 aliphatic heterocycles. The maximum atomic E-state index is 13.4. The van der Waals surface area contributed by atoms with Crippen LogP contribution in [-0.4, -0.2) is 34.8 Å². The lowest BCUT2D eigenvalue weighted by molar-refractivity contribution is -0.139. The van der Waals surface area contributed by atoms with Crippen LogP contribution in [0, 0.1) is 12.7 Å². The molecule has 2 aromatic rings. The number of carbonyl (C=O) groups is 2. The van der Waals surface area contributed by atoms with Crippen molar-refractivity contribution in [3.05, 3.63) is 83.2 Å². The standard InChI is InChI=1S/C23H22FNO4/c1-4-12-25-20(15-6-9-17(24)10-7-15)19(22(27)23(25)28)21(26)16-8-11-18(29-5-2)14(3)13-16/h4,6-11,13,20,26H,1,5,12H2,2-3H3. The summed E-state index contributed by atoms with van der Waals surface area (Å²) in [6.45, 7) is 7.96. The number of aliphatic hydroxyl groups excluding tert-OH is 1. The van der Waals surface area contributed by atoms with Gasteiger partial charge in [-0.25, -0.2) is 4.39 Å². The molecular formula is C23H22FNO4. The summed E-state index contributed by atoms with van der Waals surface area (Å²) in [7, 11) is 0. The molecule has 1 N–H and O–H groups in total. The van der Waals surface area contributed by atoms with E-state index in [1.807, 2.05) is 13.8 Å². The highest BCUT2D eigenvalue weighted by Crippen LogP contribution is 2.39. The molecule has 0 aliphatic carbocycles. The second-order valence-corrected chi connectivity index (χ2v) is 6.70. The third kappa shape index (κ3) is 3.78. The largest absolute Gasteiger partial charge is 0.507 e. The van der Waals surface area contributed by atoms with Crippen LogP contribution in [0.25, 0.3) is 5.76 Å². The smallest absolute Gasteiger partial charge is 0.295 e. The third-order valence-corrected chi connectivity index (χ3v) is 4.80. The number of aliphatic hydroxyl groups is 1. The Morgan fingerprint density at radius 1 is 1.24 bits per heavy atom. The van der Waals surface area contributed by atoms with E-state index >= 15 is 0 Å². The van der Waals surface area contributed by atoms with Crippen LogP contribution in [0.3, 0.4) is 0 Å². The van der Waals surface area contributed by atoms with Gasteiger partial charge in [0, 0.05) is 12.1 Å². The number of hydrogen-bond donors (Lipinski definition) is 1. The fourth-order valence-electron chi connectivity index (χ4n) is 3.47. The summed E-state index contributed by atoms with van der Waals surface area (Å²) in [4.78, 5) is 26.7. The SMILES string of the molecule is C=CCN1C(=O)C(=O)C(=C(O)c2ccc(OCC)c(C)c2)C1c1ccc(F)cc1. The molecule has 0 spiro atoms. The fraction of sp³-hybridized carbons (Fsp3) is 0.217. The molecule has 1 atom stereocenters. The summed E-state index contributed by atoms with van der Waals surface area (Å²) in [6, 6.07) is 9.71. The molecule has 1 fully saturated rings. The molecule has 1 unspecified atom stereocenters. The van der Waals surface area contributed by atoms with Gasteiger partial charge in [0.15, 0.2) is 0 Å². The van der Waals surface area contributed by atoms with E-state index in [-0.39, 0.29) is 17.9 Å². The predicted octanol–water partition coefficient (Wildman–Crippen LogP) is 4.14. The van der Waals surface area contributed by atoms with Crippen molar-refractivity contribution in [3.8, 4) is 5.75 Å². The highest BCUT2D eigenvalue weighted by Gasteiger charge is 2.45. The third-order valence-electron chi connectivity index (χ3n) is 4.80. The van der Waals surface area contributed by atoms with Crippen LogP contribution in [0.5, 0.6) is 5.75 Å². The minimum absolute atomic E-state index is 0.0352. The number of ketones is 1. The zero-order chi connectivity index (χ0) is 21.1. The number of carbonyl (C=O) groups excluding carboxylic acids is 2. The Bertz CT molecular complexity index is 994. The number of hydrogen-bond acceptors (Lipinski definition) is 4. The topological polar surface area (TPSA) is 66.8 Å². The van der Waals surface area contributed by atoms with E-state index in [1.165, 1.54) is 35.2 Å². The summed E-state index contributed by atoms with van der Waals surface area (Å²) in [5.41, 5.74) is 1.67. The molecule has 1 heterocycles. The van der Waals surface area contributed by atoms with Gasteiger partial charge in [-0.1, -0.05) is 18.2 Å². The number of Topliss-reactive ketones (excluding diaryl/α,β-unsaturated/α-hetero) is 1. The maximum Gasteiger partial charge on any atom is 0.295 e. The Morgan fingerprint density at radius 3 is 2.52 bits per heavy atom. The van der Waals surface area contributed by atoms with Crippen molar-refractivity contribution >= 4 is 17.4 Å². The van der Waals surface area contributed by atoms with Gasteiger partial charge in [0.2, 0.25) is 0 Å². The maximum absolute atomic E-state index is 13.4. The van der Waals surface area contributed by atoms with Gasteiger partial charge in [-0.3, -0.25) is 9.59 Å². The Labute approximate surface area is 168 Å². The van der Waals surface area contributed by atoms with Crippen LogP contribution in [0.4, 0.5) is 4.39 Å². The summed E-state index contributed by atoms with van der Waals surface area (Å²) in [6.07, 6.45) is 1.50. The van der Waals surface area contributed by atoms with Crippen LogP contribution in [0.2, 0.25) is 0 Å². The number of nitrogens with zero attached hydrogens (tertiary/aromatic N) is 1. The number of rotatable bonds is 6. The van der Waals surface area contributed by atoms with Crippen molar-refractivity contribution in [3.63, 3.8) is 0 Å². The summed E-state index contributed by atoms with van der Waals surface area (Å²) in [5, 5.41) is 11.0. The molecule has 0 saturated carbocycles. The summed E-state index contributed by atoms with van der Waals surface area (Å²) >= 11 is 0. The predicted molar refractivity (Wildman–Crippen MR) is 108 cm³/mol. The van der Waals surface area contributed by atoms with Gasteiger partial charge in [-0.15, -0.1) is 6.58 Å². The van der Waals surface area contributed by atoms with Gasteiger partial charge in [0.25, 0.3) is 11.7 Å². The molecule has 5 nitrogen and oxygen atoms in total. The van der Waals surface area contributed by atoms with Gasteiger partial charge in [0.1, 0.15) is 17.3 Å².